The number of hydrogen-bond acceptors (Lipinski definition) is 5. The van der Waals surface area contributed by atoms with E-state index < -0.39 is 17.1 Å². The number of aromatic nitrogens is 6. The summed E-state index contributed by atoms with van der Waals surface area (Å²) in [6.07, 6.45) is 3.60. The highest BCUT2D eigenvalue weighted by Gasteiger charge is 2.22. The zero-order chi connectivity index (χ0) is 24.9. The second-order valence-corrected chi connectivity index (χ2v) is 8.12. The van der Waals surface area contributed by atoms with Crippen LogP contribution in [-0.2, 0) is 13.6 Å². The van der Waals surface area contributed by atoms with Crippen molar-refractivity contribution in [2.75, 3.05) is 7.11 Å². The van der Waals surface area contributed by atoms with E-state index in [1.807, 2.05) is 35.9 Å². The van der Waals surface area contributed by atoms with Crippen LogP contribution in [0.1, 0.15) is 12.6 Å². The van der Waals surface area contributed by atoms with Crippen LogP contribution in [0.15, 0.2) is 64.6 Å². The van der Waals surface area contributed by atoms with Gasteiger partial charge < -0.3 is 13.9 Å². The zero-order valence-corrected chi connectivity index (χ0v) is 19.7. The summed E-state index contributed by atoms with van der Waals surface area (Å²) in [6.45, 7) is 4.01. The van der Waals surface area contributed by atoms with Crippen molar-refractivity contribution in [2.24, 2.45) is 7.05 Å². The lowest BCUT2D eigenvalue weighted by Crippen LogP contribution is -2.39. The van der Waals surface area contributed by atoms with Crippen molar-refractivity contribution < 1.29 is 9.13 Å². The molecule has 9 nitrogen and oxygen atoms in total. The minimum Gasteiger partial charge on any atom is -0.495 e. The zero-order valence-electron chi connectivity index (χ0n) is 19.7. The Bertz CT molecular complexity index is 1690. The van der Waals surface area contributed by atoms with Crippen LogP contribution in [0.3, 0.4) is 0 Å². The maximum atomic E-state index is 13.5. The van der Waals surface area contributed by atoms with Crippen LogP contribution >= 0.6 is 0 Å². The number of imidazole rings is 2. The van der Waals surface area contributed by atoms with Crippen molar-refractivity contribution in [3.8, 4) is 28.5 Å². The predicted octanol–water partition coefficient (Wildman–Crippen LogP) is 3.21. The van der Waals surface area contributed by atoms with Crippen molar-refractivity contribution in [2.45, 2.75) is 20.4 Å². The second-order valence-electron chi connectivity index (χ2n) is 8.12. The Balaban J connectivity index is 1.74. The van der Waals surface area contributed by atoms with E-state index in [9.17, 15) is 14.0 Å². The minimum absolute atomic E-state index is 0.263. The molecule has 5 aromatic rings. The van der Waals surface area contributed by atoms with E-state index in [1.54, 1.807) is 32.0 Å². The number of ether oxygens (including phenoxy) is 1. The van der Waals surface area contributed by atoms with Gasteiger partial charge in [-0.25, -0.2) is 23.7 Å². The van der Waals surface area contributed by atoms with E-state index >= 15 is 0 Å². The third kappa shape index (κ3) is 3.54. The summed E-state index contributed by atoms with van der Waals surface area (Å²) in [4.78, 5) is 35.7. The lowest BCUT2D eigenvalue weighted by atomic mass is 10.1. The van der Waals surface area contributed by atoms with Gasteiger partial charge >= 0.3 is 5.69 Å². The standard InChI is InChI=1S/C25H23FN6O3/c1-5-31-23-21(24(33)32(25(31)34)18-9-7-17(26)8-10-18)29(3)22(28-23)16-6-11-19(20(12-16)35-4)30-13-15(2)27-14-30/h6-14H,5H2,1-4H3. The Morgan fingerprint density at radius 2 is 1.83 bits per heavy atom. The minimum atomic E-state index is -0.537. The monoisotopic (exact) mass is 474 g/mol. The molecule has 0 fully saturated rings. The molecular weight excluding hydrogens is 451 g/mol. The topological polar surface area (TPSA) is 88.9 Å². The van der Waals surface area contributed by atoms with E-state index in [0.29, 0.717) is 23.7 Å². The highest BCUT2D eigenvalue weighted by Crippen LogP contribution is 2.30. The Labute approximate surface area is 199 Å². The van der Waals surface area contributed by atoms with Crippen LogP contribution in [0.5, 0.6) is 5.75 Å². The molecule has 2 aromatic carbocycles. The molecule has 0 unspecified atom stereocenters. The number of nitrogens with zero attached hydrogens (tertiary/aromatic N) is 6. The second kappa shape index (κ2) is 8.39. The summed E-state index contributed by atoms with van der Waals surface area (Å²) in [5.74, 6) is 0.649. The Morgan fingerprint density at radius 1 is 1.09 bits per heavy atom. The first-order valence-corrected chi connectivity index (χ1v) is 11.0. The quantitative estimate of drug-likeness (QED) is 0.390. The average molecular weight is 474 g/mol. The van der Waals surface area contributed by atoms with Gasteiger partial charge in [-0.05, 0) is 56.3 Å². The van der Waals surface area contributed by atoms with Gasteiger partial charge in [0.1, 0.15) is 17.4 Å². The van der Waals surface area contributed by atoms with Crippen LogP contribution in [0.25, 0.3) is 33.9 Å². The van der Waals surface area contributed by atoms with Gasteiger partial charge in [0.25, 0.3) is 5.56 Å². The highest BCUT2D eigenvalue weighted by molar-refractivity contribution is 5.78. The molecular formula is C25H23FN6O3. The fourth-order valence-electron chi connectivity index (χ4n) is 4.26. The molecule has 3 heterocycles. The SMILES string of the molecule is CCn1c(=O)n(-c2ccc(F)cc2)c(=O)c2c1nc(-c1ccc(-n3cnc(C)c3)c(OC)c1)n2C. The van der Waals surface area contributed by atoms with Crippen LogP contribution < -0.4 is 16.0 Å². The van der Waals surface area contributed by atoms with Gasteiger partial charge in [-0.1, -0.05) is 0 Å². The fraction of sp³-hybridized carbons (Fsp3) is 0.200. The van der Waals surface area contributed by atoms with Crippen molar-refractivity contribution in [3.05, 3.63) is 87.3 Å². The molecule has 0 aliphatic heterocycles. The molecule has 0 aliphatic carbocycles. The fourth-order valence-corrected chi connectivity index (χ4v) is 4.26. The summed E-state index contributed by atoms with van der Waals surface area (Å²) in [5.41, 5.74) is 2.16. The van der Waals surface area contributed by atoms with E-state index in [4.69, 9.17) is 4.74 Å². The molecule has 5 rings (SSSR count). The number of hydrogen-bond donors (Lipinski definition) is 0. The molecule has 178 valence electrons. The van der Waals surface area contributed by atoms with Gasteiger partial charge in [-0.15, -0.1) is 0 Å². The molecule has 0 amide bonds. The molecule has 3 aromatic heterocycles. The molecule has 35 heavy (non-hydrogen) atoms. The predicted molar refractivity (Wildman–Crippen MR) is 130 cm³/mol. The highest BCUT2D eigenvalue weighted by atomic mass is 19.1. The first-order chi connectivity index (χ1) is 16.8. The van der Waals surface area contributed by atoms with Crippen molar-refractivity contribution >= 4 is 11.2 Å². The molecule has 0 saturated heterocycles. The first-order valence-electron chi connectivity index (χ1n) is 11.0. The van der Waals surface area contributed by atoms with Crippen LogP contribution in [0, 0.1) is 12.7 Å². The van der Waals surface area contributed by atoms with Gasteiger partial charge in [-0.3, -0.25) is 9.36 Å². The first kappa shape index (κ1) is 22.3. The Hall–Kier alpha value is -4.47. The molecule has 0 atom stereocenters. The summed E-state index contributed by atoms with van der Waals surface area (Å²) in [6, 6.07) is 10.8. The van der Waals surface area contributed by atoms with E-state index in [2.05, 4.69) is 9.97 Å². The summed E-state index contributed by atoms with van der Waals surface area (Å²) < 4.78 is 25.1. The van der Waals surface area contributed by atoms with E-state index in [-0.39, 0.29) is 16.9 Å². The molecule has 0 aliphatic rings. The van der Waals surface area contributed by atoms with Crippen molar-refractivity contribution in [3.63, 3.8) is 0 Å². The maximum Gasteiger partial charge on any atom is 0.337 e. The maximum absolute atomic E-state index is 13.5. The smallest absolute Gasteiger partial charge is 0.337 e. The largest absolute Gasteiger partial charge is 0.495 e. The number of fused-ring (bicyclic) bond motifs is 1. The Morgan fingerprint density at radius 3 is 2.46 bits per heavy atom. The van der Waals surface area contributed by atoms with Crippen molar-refractivity contribution in [1.82, 2.24) is 28.2 Å². The number of methoxy groups -OCH3 is 1. The number of halogens is 1. The lowest BCUT2D eigenvalue weighted by molar-refractivity contribution is 0.413. The van der Waals surface area contributed by atoms with Gasteiger partial charge in [0, 0.05) is 25.4 Å². The average Bonchev–Trinajstić information content (AvgIpc) is 3.43. The van der Waals surface area contributed by atoms with Gasteiger partial charge in [0.15, 0.2) is 11.2 Å². The molecule has 0 bridgehead atoms. The van der Waals surface area contributed by atoms with Crippen LogP contribution in [0.2, 0.25) is 0 Å². The van der Waals surface area contributed by atoms with Crippen LogP contribution in [-0.4, -0.2) is 35.3 Å². The third-order valence-corrected chi connectivity index (χ3v) is 5.99. The van der Waals surface area contributed by atoms with Gasteiger partial charge in [0.2, 0.25) is 0 Å². The molecule has 10 heteroatoms. The molecule has 0 radical (unpaired) electrons. The van der Waals surface area contributed by atoms with Gasteiger partial charge in [-0.2, -0.15) is 0 Å². The lowest BCUT2D eigenvalue weighted by Gasteiger charge is -2.11. The third-order valence-electron chi connectivity index (χ3n) is 5.99. The van der Waals surface area contributed by atoms with E-state index in [0.717, 1.165) is 15.9 Å². The molecule has 0 spiro atoms. The normalized spacial score (nSPS) is 11.3. The summed E-state index contributed by atoms with van der Waals surface area (Å²) in [7, 11) is 3.31. The van der Waals surface area contributed by atoms with Crippen molar-refractivity contribution in [1.29, 1.82) is 0 Å². The molecule has 0 N–H and O–H groups in total. The van der Waals surface area contributed by atoms with Crippen LogP contribution in [0.4, 0.5) is 4.39 Å². The summed E-state index contributed by atoms with van der Waals surface area (Å²) >= 11 is 0. The van der Waals surface area contributed by atoms with E-state index in [1.165, 1.54) is 28.8 Å². The van der Waals surface area contributed by atoms with Gasteiger partial charge in [0.05, 0.1) is 30.5 Å². The summed E-state index contributed by atoms with van der Waals surface area (Å²) in [5, 5.41) is 0. The number of benzene rings is 2. The number of rotatable bonds is 5. The molecule has 0 saturated carbocycles. The number of aryl methyl sites for hydroxylation is 3. The Kier molecular flexibility index (Phi) is 5.35.